The highest BCUT2D eigenvalue weighted by atomic mass is 16.5. The molecule has 0 radical (unpaired) electrons. The van der Waals surface area contributed by atoms with Crippen LogP contribution in [0.15, 0.2) is 30.3 Å². The predicted octanol–water partition coefficient (Wildman–Crippen LogP) is 2.05. The van der Waals surface area contributed by atoms with E-state index >= 15 is 0 Å². The normalized spacial score (nSPS) is 20.7. The van der Waals surface area contributed by atoms with E-state index < -0.39 is 0 Å². The quantitative estimate of drug-likeness (QED) is 0.671. The third kappa shape index (κ3) is 4.82. The molecule has 33 heavy (non-hydrogen) atoms. The fourth-order valence-electron chi connectivity index (χ4n) is 5.01. The molecule has 0 saturated carbocycles. The van der Waals surface area contributed by atoms with Crippen molar-refractivity contribution in [1.29, 1.82) is 0 Å². The third-order valence-electron chi connectivity index (χ3n) is 6.83. The molecule has 176 valence electrons. The first-order valence-electron chi connectivity index (χ1n) is 12.1. The Morgan fingerprint density at radius 3 is 2.61 bits per heavy atom. The molecular formula is C25H32N4O4. The van der Waals surface area contributed by atoms with E-state index in [9.17, 15) is 9.59 Å². The molecule has 1 unspecified atom stereocenters. The molecule has 1 aromatic carbocycles. The number of ether oxygens (including phenoxy) is 2. The summed E-state index contributed by atoms with van der Waals surface area (Å²) in [6.07, 6.45) is 3.98. The maximum atomic E-state index is 13.4. The summed E-state index contributed by atoms with van der Waals surface area (Å²) in [5, 5.41) is 4.80. The fourth-order valence-corrected chi connectivity index (χ4v) is 5.01. The summed E-state index contributed by atoms with van der Waals surface area (Å²) in [5.41, 5.74) is 3.80. The first-order valence-corrected chi connectivity index (χ1v) is 12.1. The lowest BCUT2D eigenvalue weighted by Crippen LogP contribution is -2.43. The SMILES string of the molecule is O=C(c1nn(CCCc2ccccc2)c2c1CN(C(=O)C1CCCO1)CC2)N1CCOCC1. The van der Waals surface area contributed by atoms with E-state index in [1.807, 2.05) is 20.5 Å². The van der Waals surface area contributed by atoms with Crippen molar-refractivity contribution in [2.75, 3.05) is 39.5 Å². The standard InChI is InChI=1S/C25H32N4O4/c30-24(22-9-5-15-33-22)28-12-10-21-20(18-28)23(25(31)27-13-16-32-17-14-27)26-29(21)11-4-8-19-6-2-1-3-7-19/h1-3,6-7,22H,4-5,8-18H2. The van der Waals surface area contributed by atoms with Crippen LogP contribution in [0.2, 0.25) is 0 Å². The summed E-state index contributed by atoms with van der Waals surface area (Å²) in [7, 11) is 0. The highest BCUT2D eigenvalue weighted by molar-refractivity contribution is 5.94. The minimum Gasteiger partial charge on any atom is -0.378 e. The lowest BCUT2D eigenvalue weighted by molar-refractivity contribution is -0.141. The van der Waals surface area contributed by atoms with Crippen molar-refractivity contribution in [3.63, 3.8) is 0 Å². The molecular weight excluding hydrogens is 420 g/mol. The second kappa shape index (κ2) is 10.1. The van der Waals surface area contributed by atoms with E-state index in [1.165, 1.54) is 5.56 Å². The van der Waals surface area contributed by atoms with Crippen molar-refractivity contribution < 1.29 is 19.1 Å². The van der Waals surface area contributed by atoms with Gasteiger partial charge in [0.15, 0.2) is 5.69 Å². The third-order valence-corrected chi connectivity index (χ3v) is 6.83. The maximum absolute atomic E-state index is 13.4. The van der Waals surface area contributed by atoms with Crippen molar-refractivity contribution in [2.45, 2.75) is 51.3 Å². The molecule has 2 saturated heterocycles. The van der Waals surface area contributed by atoms with Gasteiger partial charge in [-0.25, -0.2) is 0 Å². The Kier molecular flexibility index (Phi) is 6.73. The number of fused-ring (bicyclic) bond motifs is 1. The summed E-state index contributed by atoms with van der Waals surface area (Å²) in [4.78, 5) is 30.0. The summed E-state index contributed by atoms with van der Waals surface area (Å²) in [6, 6.07) is 10.4. The van der Waals surface area contributed by atoms with Gasteiger partial charge in [0.2, 0.25) is 0 Å². The van der Waals surface area contributed by atoms with E-state index in [-0.39, 0.29) is 17.9 Å². The van der Waals surface area contributed by atoms with Gasteiger partial charge in [-0.1, -0.05) is 30.3 Å². The molecule has 2 fully saturated rings. The van der Waals surface area contributed by atoms with Crippen LogP contribution in [-0.2, 0) is 40.2 Å². The number of hydrogen-bond acceptors (Lipinski definition) is 5. The lowest BCUT2D eigenvalue weighted by atomic mass is 10.0. The lowest BCUT2D eigenvalue weighted by Gasteiger charge is -2.30. The highest BCUT2D eigenvalue weighted by Gasteiger charge is 2.35. The van der Waals surface area contributed by atoms with Gasteiger partial charge in [-0.3, -0.25) is 14.3 Å². The van der Waals surface area contributed by atoms with E-state index in [1.54, 1.807) is 0 Å². The molecule has 0 bridgehead atoms. The number of amides is 2. The Hall–Kier alpha value is -2.71. The van der Waals surface area contributed by atoms with Crippen LogP contribution < -0.4 is 0 Å². The van der Waals surface area contributed by atoms with Crippen LogP contribution in [0.3, 0.4) is 0 Å². The number of nitrogens with zero attached hydrogens (tertiary/aromatic N) is 4. The average Bonchev–Trinajstić information content (AvgIpc) is 3.53. The van der Waals surface area contributed by atoms with Gasteiger partial charge < -0.3 is 19.3 Å². The van der Waals surface area contributed by atoms with E-state index in [4.69, 9.17) is 14.6 Å². The number of aromatic nitrogens is 2. The second-order valence-electron chi connectivity index (χ2n) is 9.00. The first kappa shape index (κ1) is 22.1. The number of aryl methyl sites for hydroxylation is 2. The molecule has 2 amide bonds. The predicted molar refractivity (Wildman–Crippen MR) is 122 cm³/mol. The van der Waals surface area contributed by atoms with Gasteiger partial charge in [0.05, 0.1) is 13.2 Å². The van der Waals surface area contributed by atoms with Gasteiger partial charge in [-0.2, -0.15) is 5.10 Å². The fraction of sp³-hybridized carbons (Fsp3) is 0.560. The molecule has 0 spiro atoms. The summed E-state index contributed by atoms with van der Waals surface area (Å²) >= 11 is 0. The minimum absolute atomic E-state index is 0.0414. The number of rotatable bonds is 6. The van der Waals surface area contributed by atoms with Gasteiger partial charge in [0.1, 0.15) is 6.10 Å². The van der Waals surface area contributed by atoms with Crippen LogP contribution in [0.4, 0.5) is 0 Å². The molecule has 1 atom stereocenters. The van der Waals surface area contributed by atoms with Crippen LogP contribution in [0.1, 0.15) is 46.6 Å². The van der Waals surface area contributed by atoms with Crippen LogP contribution >= 0.6 is 0 Å². The summed E-state index contributed by atoms with van der Waals surface area (Å²) < 4.78 is 13.1. The van der Waals surface area contributed by atoms with E-state index in [0.717, 1.165) is 43.5 Å². The zero-order chi connectivity index (χ0) is 22.6. The highest BCUT2D eigenvalue weighted by Crippen LogP contribution is 2.27. The van der Waals surface area contributed by atoms with Crippen molar-refractivity contribution >= 4 is 11.8 Å². The Labute approximate surface area is 194 Å². The van der Waals surface area contributed by atoms with Gasteiger partial charge >= 0.3 is 0 Å². The molecule has 3 aliphatic rings. The first-order chi connectivity index (χ1) is 16.2. The van der Waals surface area contributed by atoms with Crippen LogP contribution in [0.5, 0.6) is 0 Å². The van der Waals surface area contributed by atoms with Crippen molar-refractivity contribution in [3.8, 4) is 0 Å². The number of carbonyl (C=O) groups excluding carboxylic acids is 2. The topological polar surface area (TPSA) is 76.9 Å². The van der Waals surface area contributed by atoms with Crippen molar-refractivity contribution in [1.82, 2.24) is 19.6 Å². The number of morpholine rings is 1. The molecule has 4 heterocycles. The van der Waals surface area contributed by atoms with E-state index in [0.29, 0.717) is 58.1 Å². The largest absolute Gasteiger partial charge is 0.378 e. The average molecular weight is 453 g/mol. The Morgan fingerprint density at radius 1 is 1.03 bits per heavy atom. The van der Waals surface area contributed by atoms with Gasteiger partial charge in [-0.15, -0.1) is 0 Å². The zero-order valence-corrected chi connectivity index (χ0v) is 19.1. The number of hydrogen-bond donors (Lipinski definition) is 0. The monoisotopic (exact) mass is 452 g/mol. The van der Waals surface area contributed by atoms with Crippen molar-refractivity contribution in [2.24, 2.45) is 0 Å². The Morgan fingerprint density at radius 2 is 1.85 bits per heavy atom. The Bertz CT molecular complexity index is 978. The van der Waals surface area contributed by atoms with Crippen LogP contribution in [0.25, 0.3) is 0 Å². The van der Waals surface area contributed by atoms with Crippen LogP contribution in [0, 0.1) is 0 Å². The number of carbonyl (C=O) groups is 2. The minimum atomic E-state index is -0.342. The second-order valence-corrected chi connectivity index (χ2v) is 9.00. The zero-order valence-electron chi connectivity index (χ0n) is 19.1. The summed E-state index contributed by atoms with van der Waals surface area (Å²) in [5.74, 6) is -0.0116. The Balaban J connectivity index is 1.36. The smallest absolute Gasteiger partial charge is 0.274 e. The molecule has 5 rings (SSSR count). The molecule has 1 aromatic heterocycles. The number of benzene rings is 1. The molecule has 8 heteroatoms. The van der Waals surface area contributed by atoms with E-state index in [2.05, 4.69) is 24.3 Å². The van der Waals surface area contributed by atoms with Gasteiger partial charge in [0.25, 0.3) is 11.8 Å². The molecule has 0 aliphatic carbocycles. The van der Waals surface area contributed by atoms with Gasteiger partial charge in [-0.05, 0) is 31.2 Å². The molecule has 0 N–H and O–H groups in total. The van der Waals surface area contributed by atoms with Crippen LogP contribution in [-0.4, -0.2) is 77.0 Å². The maximum Gasteiger partial charge on any atom is 0.274 e. The summed E-state index contributed by atoms with van der Waals surface area (Å²) in [6.45, 7) is 4.73. The molecule has 8 nitrogen and oxygen atoms in total. The van der Waals surface area contributed by atoms with Gasteiger partial charge in [0, 0.05) is 57.0 Å². The van der Waals surface area contributed by atoms with Crippen molar-refractivity contribution in [3.05, 3.63) is 52.8 Å². The molecule has 3 aliphatic heterocycles. The molecule has 2 aromatic rings.